The Morgan fingerprint density at radius 2 is 2.05 bits per heavy atom. The van der Waals surface area contributed by atoms with E-state index in [4.69, 9.17) is 14.6 Å². The summed E-state index contributed by atoms with van der Waals surface area (Å²) in [5.41, 5.74) is 1.46. The third-order valence-corrected chi connectivity index (χ3v) is 2.46. The molecule has 0 heterocycles. The third kappa shape index (κ3) is 7.48. The molecule has 0 spiro atoms. The van der Waals surface area contributed by atoms with E-state index in [9.17, 15) is 4.79 Å². The first-order chi connectivity index (χ1) is 9.92. The second kappa shape index (κ2) is 8.44. The summed E-state index contributed by atoms with van der Waals surface area (Å²) in [5, 5.41) is 11.3. The van der Waals surface area contributed by atoms with Gasteiger partial charge in [-0.1, -0.05) is 36.4 Å². The van der Waals surface area contributed by atoms with Gasteiger partial charge < -0.3 is 19.9 Å². The first-order valence-electron chi connectivity index (χ1n) is 6.82. The van der Waals surface area contributed by atoms with Crippen molar-refractivity contribution in [3.05, 3.63) is 41.5 Å². The highest BCUT2D eigenvalue weighted by atomic mass is 16.6. The van der Waals surface area contributed by atoms with Gasteiger partial charge in [0.15, 0.2) is 0 Å². The van der Waals surface area contributed by atoms with Gasteiger partial charge in [0.1, 0.15) is 12.4 Å². The Balaban J connectivity index is 2.48. The van der Waals surface area contributed by atoms with Gasteiger partial charge in [0, 0.05) is 6.54 Å². The maximum Gasteiger partial charge on any atom is 0.407 e. The molecule has 0 bridgehead atoms. The van der Waals surface area contributed by atoms with Crippen molar-refractivity contribution in [1.82, 2.24) is 5.32 Å². The smallest absolute Gasteiger partial charge is 0.407 e. The van der Waals surface area contributed by atoms with Crippen LogP contribution in [0.1, 0.15) is 31.9 Å². The molecule has 1 aromatic rings. The van der Waals surface area contributed by atoms with Gasteiger partial charge in [0.2, 0.25) is 0 Å². The Labute approximate surface area is 125 Å². The number of hydrogen-bond acceptors (Lipinski definition) is 4. The maximum absolute atomic E-state index is 11.5. The number of amides is 1. The number of alkyl carbamates (subject to hydrolysis) is 1. The average molecular weight is 293 g/mol. The molecule has 0 fully saturated rings. The summed E-state index contributed by atoms with van der Waals surface area (Å²) in [5.74, 6) is 0. The van der Waals surface area contributed by atoms with E-state index in [1.54, 1.807) is 0 Å². The van der Waals surface area contributed by atoms with Crippen molar-refractivity contribution >= 4 is 12.2 Å². The van der Waals surface area contributed by atoms with Crippen LogP contribution >= 0.6 is 0 Å². The third-order valence-electron chi connectivity index (χ3n) is 2.46. The molecule has 0 saturated heterocycles. The van der Waals surface area contributed by atoms with Crippen molar-refractivity contribution in [2.24, 2.45) is 0 Å². The Morgan fingerprint density at radius 3 is 2.71 bits per heavy atom. The molecule has 1 amide bonds. The summed E-state index contributed by atoms with van der Waals surface area (Å²) < 4.78 is 10.1. The van der Waals surface area contributed by atoms with Crippen LogP contribution in [0, 0.1) is 0 Å². The van der Waals surface area contributed by atoms with Crippen molar-refractivity contribution in [1.29, 1.82) is 0 Å². The molecule has 0 atom stereocenters. The monoisotopic (exact) mass is 293 g/mol. The number of carbonyl (C=O) groups excluding carboxylic acids is 1. The zero-order valence-electron chi connectivity index (χ0n) is 12.8. The fraction of sp³-hybridized carbons (Fsp3) is 0.438. The second-order valence-electron chi connectivity index (χ2n) is 5.46. The summed E-state index contributed by atoms with van der Waals surface area (Å²) in [6.07, 6.45) is 3.29. The zero-order chi connectivity index (χ0) is 15.7. The van der Waals surface area contributed by atoms with E-state index in [2.05, 4.69) is 5.32 Å². The van der Waals surface area contributed by atoms with Crippen molar-refractivity contribution in [3.63, 3.8) is 0 Å². The maximum atomic E-state index is 11.5. The standard InChI is InChI=1S/C16H23NO4/c1-16(2,3)21-15(19)17-10-6-9-13-7-4-5-8-14(13)11-20-12-18/h4-9,18H,10-12H2,1-3H3,(H,17,19). The fourth-order valence-electron chi connectivity index (χ4n) is 1.63. The fourth-order valence-corrected chi connectivity index (χ4v) is 1.63. The lowest BCUT2D eigenvalue weighted by atomic mass is 10.1. The largest absolute Gasteiger partial charge is 0.444 e. The highest BCUT2D eigenvalue weighted by molar-refractivity contribution is 5.68. The van der Waals surface area contributed by atoms with Gasteiger partial charge >= 0.3 is 6.09 Å². The summed E-state index contributed by atoms with van der Waals surface area (Å²) in [4.78, 5) is 11.5. The van der Waals surface area contributed by atoms with E-state index < -0.39 is 11.7 Å². The predicted molar refractivity (Wildman–Crippen MR) is 81.6 cm³/mol. The molecule has 1 rings (SSSR count). The molecule has 0 aliphatic heterocycles. The Morgan fingerprint density at radius 1 is 1.33 bits per heavy atom. The van der Waals surface area contributed by atoms with Crippen LogP contribution in [0.4, 0.5) is 4.79 Å². The summed E-state index contributed by atoms with van der Waals surface area (Å²) >= 11 is 0. The van der Waals surface area contributed by atoms with E-state index in [0.29, 0.717) is 13.2 Å². The number of aliphatic hydroxyl groups excluding tert-OH is 1. The number of carbonyl (C=O) groups is 1. The molecule has 0 saturated carbocycles. The highest BCUT2D eigenvalue weighted by Crippen LogP contribution is 2.12. The van der Waals surface area contributed by atoms with Crippen LogP contribution in [0.3, 0.4) is 0 Å². The number of benzene rings is 1. The van der Waals surface area contributed by atoms with Crippen LogP contribution in [-0.4, -0.2) is 30.1 Å². The molecule has 0 radical (unpaired) electrons. The number of nitrogens with one attached hydrogen (secondary N) is 1. The van der Waals surface area contributed by atoms with Crippen LogP contribution in [0.25, 0.3) is 6.08 Å². The normalized spacial score (nSPS) is 11.6. The summed E-state index contributed by atoms with van der Waals surface area (Å²) in [6, 6.07) is 7.70. The minimum Gasteiger partial charge on any atom is -0.444 e. The van der Waals surface area contributed by atoms with Crippen molar-refractivity contribution < 1.29 is 19.4 Å². The number of rotatable bonds is 6. The van der Waals surface area contributed by atoms with E-state index >= 15 is 0 Å². The molecule has 1 aromatic carbocycles. The predicted octanol–water partition coefficient (Wildman–Crippen LogP) is 2.69. The Bertz CT molecular complexity index is 477. The lowest BCUT2D eigenvalue weighted by Crippen LogP contribution is -2.32. The summed E-state index contributed by atoms with van der Waals surface area (Å²) in [6.45, 7) is 5.87. The number of ether oxygens (including phenoxy) is 2. The molecular weight excluding hydrogens is 270 g/mol. The van der Waals surface area contributed by atoms with E-state index in [1.807, 2.05) is 57.2 Å². The van der Waals surface area contributed by atoms with Crippen molar-refractivity contribution in [2.75, 3.05) is 13.3 Å². The van der Waals surface area contributed by atoms with Gasteiger partial charge in [-0.3, -0.25) is 0 Å². The van der Waals surface area contributed by atoms with E-state index in [-0.39, 0.29) is 6.79 Å². The first-order valence-corrected chi connectivity index (χ1v) is 6.82. The Kier molecular flexibility index (Phi) is 6.91. The Hall–Kier alpha value is -1.85. The first kappa shape index (κ1) is 17.2. The van der Waals surface area contributed by atoms with Crippen molar-refractivity contribution in [3.8, 4) is 0 Å². The number of aliphatic hydroxyl groups is 1. The molecule has 21 heavy (non-hydrogen) atoms. The quantitative estimate of drug-likeness (QED) is 0.791. The summed E-state index contributed by atoms with van der Waals surface area (Å²) in [7, 11) is 0. The van der Waals surface area contributed by atoms with Gasteiger partial charge in [0.05, 0.1) is 6.61 Å². The number of hydrogen-bond donors (Lipinski definition) is 2. The van der Waals surface area contributed by atoms with Crippen LogP contribution in [0.5, 0.6) is 0 Å². The molecule has 5 nitrogen and oxygen atoms in total. The molecule has 5 heteroatoms. The van der Waals surface area contributed by atoms with Crippen molar-refractivity contribution in [2.45, 2.75) is 33.0 Å². The molecule has 0 unspecified atom stereocenters. The molecule has 0 aromatic heterocycles. The van der Waals surface area contributed by atoms with Gasteiger partial charge in [0.25, 0.3) is 0 Å². The van der Waals surface area contributed by atoms with E-state index in [1.165, 1.54) is 0 Å². The SMILES string of the molecule is CC(C)(C)OC(=O)NCC=Cc1ccccc1COCO. The molecule has 116 valence electrons. The molecular formula is C16H23NO4. The lowest BCUT2D eigenvalue weighted by molar-refractivity contribution is -0.0113. The van der Waals surface area contributed by atoms with Crippen LogP contribution < -0.4 is 5.32 Å². The van der Waals surface area contributed by atoms with Gasteiger partial charge in [-0.2, -0.15) is 0 Å². The van der Waals surface area contributed by atoms with Crippen LogP contribution in [-0.2, 0) is 16.1 Å². The minimum absolute atomic E-state index is 0.307. The molecule has 2 N–H and O–H groups in total. The lowest BCUT2D eigenvalue weighted by Gasteiger charge is -2.19. The average Bonchev–Trinajstić information content (AvgIpc) is 2.40. The topological polar surface area (TPSA) is 67.8 Å². The second-order valence-corrected chi connectivity index (χ2v) is 5.46. The molecule has 0 aliphatic rings. The van der Waals surface area contributed by atoms with Crippen LogP contribution in [0.2, 0.25) is 0 Å². The highest BCUT2D eigenvalue weighted by Gasteiger charge is 2.14. The minimum atomic E-state index is -0.498. The van der Waals surface area contributed by atoms with Crippen LogP contribution in [0.15, 0.2) is 30.3 Å². The van der Waals surface area contributed by atoms with Gasteiger partial charge in [-0.25, -0.2) is 4.79 Å². The molecule has 0 aliphatic carbocycles. The van der Waals surface area contributed by atoms with Gasteiger partial charge in [-0.15, -0.1) is 0 Å². The van der Waals surface area contributed by atoms with E-state index in [0.717, 1.165) is 11.1 Å². The zero-order valence-corrected chi connectivity index (χ0v) is 12.8. The van der Waals surface area contributed by atoms with Gasteiger partial charge in [-0.05, 0) is 31.9 Å².